The van der Waals surface area contributed by atoms with Crippen LogP contribution in [0.4, 0.5) is 5.82 Å². The van der Waals surface area contributed by atoms with Crippen LogP contribution in [-0.4, -0.2) is 36.2 Å². The molecular formula is C17H12N4O4. The number of nitriles is 1. The van der Waals surface area contributed by atoms with Gasteiger partial charge in [0.25, 0.3) is 0 Å². The van der Waals surface area contributed by atoms with E-state index in [4.69, 9.17) is 0 Å². The van der Waals surface area contributed by atoms with Crippen molar-refractivity contribution in [1.82, 2.24) is 9.55 Å². The van der Waals surface area contributed by atoms with Crippen LogP contribution in [0.1, 0.15) is 11.3 Å². The van der Waals surface area contributed by atoms with E-state index in [1.165, 1.54) is 41.4 Å². The Hall–Kier alpha value is -3.99. The third-order valence-corrected chi connectivity index (χ3v) is 3.46. The van der Waals surface area contributed by atoms with E-state index in [1.807, 2.05) is 6.07 Å². The van der Waals surface area contributed by atoms with Crippen LogP contribution >= 0.6 is 0 Å². The average molecular weight is 336 g/mol. The van der Waals surface area contributed by atoms with Crippen molar-refractivity contribution in [2.24, 2.45) is 4.99 Å². The van der Waals surface area contributed by atoms with Crippen LogP contribution in [0.25, 0.3) is 5.69 Å². The van der Waals surface area contributed by atoms with Crippen molar-refractivity contribution in [2.45, 2.75) is 0 Å². The first kappa shape index (κ1) is 15.9. The molecule has 0 aliphatic carbocycles. The Balaban J connectivity index is 2.06. The largest absolute Gasteiger partial charge is 0.508 e. The van der Waals surface area contributed by atoms with Gasteiger partial charge in [-0.1, -0.05) is 0 Å². The predicted molar refractivity (Wildman–Crippen MR) is 88.6 cm³/mol. The van der Waals surface area contributed by atoms with Crippen molar-refractivity contribution in [1.29, 1.82) is 5.26 Å². The summed E-state index contributed by atoms with van der Waals surface area (Å²) in [7, 11) is 0. The first-order valence-electron chi connectivity index (χ1n) is 7.06. The Bertz CT molecular complexity index is 1000. The van der Waals surface area contributed by atoms with Gasteiger partial charge in [0.05, 0.1) is 0 Å². The molecule has 0 atom stereocenters. The number of nitrogens with zero attached hydrogens (tertiary/aromatic N) is 4. The number of hydrogen-bond donors (Lipinski definition) is 4. The molecule has 0 saturated heterocycles. The lowest BCUT2D eigenvalue weighted by molar-refractivity contribution is 0.367. The Labute approximate surface area is 141 Å². The quantitative estimate of drug-likeness (QED) is 0.428. The molecule has 0 aliphatic heterocycles. The fourth-order valence-electron chi connectivity index (χ4n) is 2.17. The first-order valence-corrected chi connectivity index (χ1v) is 7.06. The highest BCUT2D eigenvalue weighted by molar-refractivity contribution is 5.87. The standard InChI is InChI=1S/C17H12N4O4/c18-7-13-17(19-8-10-1-6-14(23)16(25)15(10)24)21(9-20-13)11-2-4-12(22)5-3-11/h1-6,8-9,22-25H/b19-8+. The average Bonchev–Trinajstić information content (AvgIpc) is 3.02. The summed E-state index contributed by atoms with van der Waals surface area (Å²) in [6.45, 7) is 0. The minimum absolute atomic E-state index is 0.0619. The van der Waals surface area contributed by atoms with Gasteiger partial charge in [0.1, 0.15) is 18.1 Å². The molecule has 0 aliphatic rings. The molecule has 0 unspecified atom stereocenters. The second-order valence-corrected chi connectivity index (χ2v) is 5.04. The van der Waals surface area contributed by atoms with Crippen molar-refractivity contribution in [3.8, 4) is 34.8 Å². The highest BCUT2D eigenvalue weighted by Gasteiger charge is 2.13. The van der Waals surface area contributed by atoms with E-state index in [2.05, 4.69) is 9.98 Å². The molecule has 0 fully saturated rings. The zero-order valence-corrected chi connectivity index (χ0v) is 12.7. The van der Waals surface area contributed by atoms with Gasteiger partial charge >= 0.3 is 0 Å². The number of benzene rings is 2. The molecule has 0 bridgehead atoms. The van der Waals surface area contributed by atoms with Gasteiger partial charge in [-0.05, 0) is 36.4 Å². The summed E-state index contributed by atoms with van der Waals surface area (Å²) in [5, 5.41) is 47.3. The third kappa shape index (κ3) is 2.94. The molecule has 3 aromatic rings. The summed E-state index contributed by atoms with van der Waals surface area (Å²) >= 11 is 0. The molecule has 25 heavy (non-hydrogen) atoms. The van der Waals surface area contributed by atoms with Crippen molar-refractivity contribution < 1.29 is 20.4 Å². The molecular weight excluding hydrogens is 324 g/mol. The highest BCUT2D eigenvalue weighted by Crippen LogP contribution is 2.36. The molecule has 0 amide bonds. The van der Waals surface area contributed by atoms with Gasteiger partial charge in [-0.15, -0.1) is 0 Å². The normalized spacial score (nSPS) is 10.8. The van der Waals surface area contributed by atoms with E-state index in [1.54, 1.807) is 12.1 Å². The maximum absolute atomic E-state index is 9.83. The summed E-state index contributed by atoms with van der Waals surface area (Å²) in [6, 6.07) is 10.7. The second-order valence-electron chi connectivity index (χ2n) is 5.04. The number of aliphatic imine (C=N–C) groups is 1. The van der Waals surface area contributed by atoms with Crippen LogP contribution in [0.2, 0.25) is 0 Å². The monoisotopic (exact) mass is 336 g/mol. The number of aromatic hydroxyl groups is 4. The number of rotatable bonds is 3. The molecule has 1 heterocycles. The fraction of sp³-hybridized carbons (Fsp3) is 0. The molecule has 0 saturated carbocycles. The zero-order chi connectivity index (χ0) is 18.0. The van der Waals surface area contributed by atoms with Crippen LogP contribution in [0, 0.1) is 11.3 Å². The van der Waals surface area contributed by atoms with Crippen molar-refractivity contribution in [3.63, 3.8) is 0 Å². The lowest BCUT2D eigenvalue weighted by Gasteiger charge is -2.06. The van der Waals surface area contributed by atoms with Crippen molar-refractivity contribution in [3.05, 3.63) is 54.0 Å². The molecule has 8 heteroatoms. The van der Waals surface area contributed by atoms with E-state index >= 15 is 0 Å². The summed E-state index contributed by atoms with van der Waals surface area (Å²) in [5.74, 6) is -1.34. The number of imidazole rings is 1. The molecule has 3 rings (SSSR count). The number of phenolic OH excluding ortho intramolecular Hbond substituents is 4. The Kier molecular flexibility index (Phi) is 3.97. The van der Waals surface area contributed by atoms with Gasteiger partial charge in [0.2, 0.25) is 5.75 Å². The summed E-state index contributed by atoms with van der Waals surface area (Å²) in [5.41, 5.74) is 0.834. The smallest absolute Gasteiger partial charge is 0.200 e. The van der Waals surface area contributed by atoms with Crippen molar-refractivity contribution in [2.75, 3.05) is 0 Å². The minimum Gasteiger partial charge on any atom is -0.508 e. The van der Waals surface area contributed by atoms with Crippen LogP contribution in [0.15, 0.2) is 47.7 Å². The van der Waals surface area contributed by atoms with Crippen LogP contribution in [0.3, 0.4) is 0 Å². The number of aromatic nitrogens is 2. The van der Waals surface area contributed by atoms with Gasteiger partial charge in [0, 0.05) is 17.5 Å². The van der Waals surface area contributed by atoms with Gasteiger partial charge in [0.15, 0.2) is 23.0 Å². The number of hydrogen-bond acceptors (Lipinski definition) is 7. The van der Waals surface area contributed by atoms with E-state index in [0.717, 1.165) is 0 Å². The summed E-state index contributed by atoms with van der Waals surface area (Å²) in [4.78, 5) is 8.15. The summed E-state index contributed by atoms with van der Waals surface area (Å²) < 4.78 is 1.53. The van der Waals surface area contributed by atoms with Crippen LogP contribution in [-0.2, 0) is 0 Å². The zero-order valence-electron chi connectivity index (χ0n) is 12.7. The molecule has 0 radical (unpaired) electrons. The topological polar surface area (TPSA) is 135 Å². The minimum atomic E-state index is -0.656. The van der Waals surface area contributed by atoms with E-state index < -0.39 is 17.2 Å². The highest BCUT2D eigenvalue weighted by atomic mass is 16.3. The lowest BCUT2D eigenvalue weighted by atomic mass is 10.2. The SMILES string of the molecule is N#Cc1ncn(-c2ccc(O)cc2)c1/N=C/c1ccc(O)c(O)c1O. The van der Waals surface area contributed by atoms with E-state index in [-0.39, 0.29) is 22.8 Å². The molecule has 124 valence electrons. The van der Waals surface area contributed by atoms with Crippen LogP contribution in [0.5, 0.6) is 23.0 Å². The fourth-order valence-corrected chi connectivity index (χ4v) is 2.17. The maximum Gasteiger partial charge on any atom is 0.200 e. The van der Waals surface area contributed by atoms with E-state index in [0.29, 0.717) is 5.69 Å². The molecule has 8 nitrogen and oxygen atoms in total. The number of phenols is 4. The molecule has 0 spiro atoms. The van der Waals surface area contributed by atoms with E-state index in [9.17, 15) is 25.7 Å². The first-order chi connectivity index (χ1) is 12.0. The molecule has 4 N–H and O–H groups in total. The predicted octanol–water partition coefficient (Wildman–Crippen LogP) is 2.32. The Morgan fingerprint density at radius 2 is 1.72 bits per heavy atom. The van der Waals surface area contributed by atoms with Gasteiger partial charge in [-0.2, -0.15) is 5.26 Å². The molecule has 2 aromatic carbocycles. The van der Waals surface area contributed by atoms with Gasteiger partial charge < -0.3 is 20.4 Å². The van der Waals surface area contributed by atoms with Gasteiger partial charge in [-0.3, -0.25) is 4.57 Å². The summed E-state index contributed by atoms with van der Waals surface area (Å²) in [6.07, 6.45) is 2.65. The maximum atomic E-state index is 9.83. The van der Waals surface area contributed by atoms with Crippen LogP contribution < -0.4 is 0 Å². The Morgan fingerprint density at radius 3 is 2.40 bits per heavy atom. The Morgan fingerprint density at radius 1 is 1.00 bits per heavy atom. The van der Waals surface area contributed by atoms with Gasteiger partial charge in [-0.25, -0.2) is 9.98 Å². The lowest BCUT2D eigenvalue weighted by Crippen LogP contribution is -1.92. The van der Waals surface area contributed by atoms with Crippen molar-refractivity contribution >= 4 is 12.0 Å². The third-order valence-electron chi connectivity index (χ3n) is 3.46. The second kappa shape index (κ2) is 6.25. The molecule has 1 aromatic heterocycles.